The van der Waals surface area contributed by atoms with Crippen LogP contribution < -0.4 is 22.3 Å². The van der Waals surface area contributed by atoms with Gasteiger partial charge in [-0.2, -0.15) is 4.98 Å². The van der Waals surface area contributed by atoms with Crippen LogP contribution in [-0.4, -0.2) is 39.5 Å². The van der Waals surface area contributed by atoms with E-state index in [0.717, 1.165) is 21.8 Å². The molecule has 1 unspecified atom stereocenters. The summed E-state index contributed by atoms with van der Waals surface area (Å²) in [5.41, 5.74) is 8.14. The molecule has 7 rings (SSSR count). The quantitative estimate of drug-likeness (QED) is 0.228. The van der Waals surface area contributed by atoms with E-state index in [4.69, 9.17) is 17.3 Å². The van der Waals surface area contributed by atoms with Crippen molar-refractivity contribution in [3.63, 3.8) is 0 Å². The molecule has 5 heterocycles. The zero-order chi connectivity index (χ0) is 30.0. The molecule has 5 aromatic heterocycles. The molecule has 0 saturated carbocycles. The van der Waals surface area contributed by atoms with Crippen molar-refractivity contribution in [2.75, 3.05) is 5.32 Å². The fraction of sp³-hybridized carbons (Fsp3) is 0.100. The third-order valence-electron chi connectivity index (χ3n) is 7.61. The molecule has 0 saturated heterocycles. The van der Waals surface area contributed by atoms with Gasteiger partial charge in [0, 0.05) is 46.9 Å². The van der Waals surface area contributed by atoms with E-state index in [1.165, 1.54) is 21.4 Å². The molecule has 5 N–H and O–H groups in total. The molecule has 0 radical (unpaired) electrons. The van der Waals surface area contributed by atoms with E-state index in [2.05, 4.69) is 25.3 Å². The van der Waals surface area contributed by atoms with Crippen LogP contribution in [0.25, 0.3) is 33.0 Å². The van der Waals surface area contributed by atoms with Gasteiger partial charge < -0.3 is 25.6 Å². The zero-order valence-corrected chi connectivity index (χ0v) is 23.7. The number of imidazole rings is 1. The summed E-state index contributed by atoms with van der Waals surface area (Å²) in [6.45, 7) is 0. The van der Waals surface area contributed by atoms with Gasteiger partial charge in [0.05, 0.1) is 11.9 Å². The average molecular weight is 594 g/mol. The number of pyridine rings is 1. The van der Waals surface area contributed by atoms with Gasteiger partial charge in [0.25, 0.3) is 11.5 Å². The van der Waals surface area contributed by atoms with Crippen LogP contribution in [0.1, 0.15) is 27.9 Å². The Balaban J connectivity index is 1.45. The highest BCUT2D eigenvalue weighted by Crippen LogP contribution is 2.32. The molecule has 7 aromatic rings. The van der Waals surface area contributed by atoms with E-state index in [9.17, 15) is 14.4 Å². The summed E-state index contributed by atoms with van der Waals surface area (Å²) in [6.07, 6.45) is 1.43. The van der Waals surface area contributed by atoms with Gasteiger partial charge in [0.1, 0.15) is 11.7 Å². The van der Waals surface area contributed by atoms with Gasteiger partial charge in [-0.1, -0.05) is 35.9 Å². The topological polar surface area (TPSA) is 161 Å². The van der Waals surface area contributed by atoms with Crippen molar-refractivity contribution in [2.45, 2.75) is 6.04 Å². The molecule has 12 nitrogen and oxygen atoms in total. The first-order valence-corrected chi connectivity index (χ1v) is 13.6. The van der Waals surface area contributed by atoms with Crippen LogP contribution in [0.4, 0.5) is 11.6 Å². The molecule has 214 valence electrons. The second kappa shape index (κ2) is 9.74. The number of aromatic amines is 2. The Morgan fingerprint density at radius 1 is 0.953 bits per heavy atom. The first-order valence-electron chi connectivity index (χ1n) is 13.3. The van der Waals surface area contributed by atoms with Gasteiger partial charge in [-0.05, 0) is 47.9 Å². The molecule has 0 aliphatic rings. The fourth-order valence-electron chi connectivity index (χ4n) is 5.47. The number of amides is 1. The molecule has 43 heavy (non-hydrogen) atoms. The number of H-pyrrole nitrogens is 2. The fourth-order valence-corrected chi connectivity index (χ4v) is 5.70. The van der Waals surface area contributed by atoms with Crippen LogP contribution in [0.5, 0.6) is 0 Å². The largest absolute Gasteiger partial charge is 0.364 e. The lowest BCUT2D eigenvalue weighted by Crippen LogP contribution is -2.42. The van der Waals surface area contributed by atoms with Gasteiger partial charge in [-0.25, -0.2) is 14.3 Å². The monoisotopic (exact) mass is 593 g/mol. The normalized spacial score (nSPS) is 12.3. The molecule has 13 heteroatoms. The second-order valence-corrected chi connectivity index (χ2v) is 10.7. The smallest absolute Gasteiger partial charge is 0.333 e. The van der Waals surface area contributed by atoms with Crippen LogP contribution in [0.3, 0.4) is 0 Å². The standard InChI is InChI=1S/C30H24ClN9O3/c1-38-25-27(37-29(38)34-16-10-11-21(26(32)41)33-14-16)39(2)30(43)40(28(25)42)24(22-12-15-6-3-4-8-19(15)35-22)23-13-17-18(31)7-5-9-20(17)36-23/h3-14,24,35-36H,1-2H3,(H2,32,41)(H,34,37). The van der Waals surface area contributed by atoms with Gasteiger partial charge >= 0.3 is 5.69 Å². The summed E-state index contributed by atoms with van der Waals surface area (Å²) in [5.74, 6) is -0.348. The number of fused-ring (bicyclic) bond motifs is 3. The Morgan fingerprint density at radius 2 is 1.70 bits per heavy atom. The maximum absolute atomic E-state index is 14.3. The van der Waals surface area contributed by atoms with Crippen molar-refractivity contribution < 1.29 is 4.79 Å². The van der Waals surface area contributed by atoms with Gasteiger partial charge in [0.2, 0.25) is 5.95 Å². The number of rotatable bonds is 6. The number of hydrogen-bond acceptors (Lipinski definition) is 6. The summed E-state index contributed by atoms with van der Waals surface area (Å²) in [4.78, 5) is 55.1. The van der Waals surface area contributed by atoms with E-state index in [1.54, 1.807) is 30.8 Å². The number of nitrogens with one attached hydrogen (secondary N) is 3. The highest BCUT2D eigenvalue weighted by Gasteiger charge is 2.28. The highest BCUT2D eigenvalue weighted by atomic mass is 35.5. The van der Waals surface area contributed by atoms with E-state index in [0.29, 0.717) is 28.0 Å². The predicted octanol–water partition coefficient (Wildman–Crippen LogP) is 3.92. The third-order valence-corrected chi connectivity index (χ3v) is 7.94. The number of benzene rings is 2. The Bertz CT molecular complexity index is 2310. The summed E-state index contributed by atoms with van der Waals surface area (Å²) in [5, 5.41) is 5.36. The van der Waals surface area contributed by atoms with Gasteiger partial charge in [-0.15, -0.1) is 0 Å². The Morgan fingerprint density at radius 3 is 2.42 bits per heavy atom. The Kier molecular flexibility index (Phi) is 5.95. The van der Waals surface area contributed by atoms with Crippen LogP contribution in [0.15, 0.2) is 82.5 Å². The van der Waals surface area contributed by atoms with Crippen molar-refractivity contribution in [3.05, 3.63) is 116 Å². The number of aryl methyl sites for hydroxylation is 2. The van der Waals surface area contributed by atoms with E-state index < -0.39 is 23.2 Å². The minimum Gasteiger partial charge on any atom is -0.364 e. The molecule has 0 bridgehead atoms. The SMILES string of the molecule is Cn1c(Nc2ccc(C(N)=O)nc2)nc2c1c(=O)n(C(c1cc3ccccc3[nH]1)c1cc3c(Cl)cccc3[nH]1)c(=O)n2C. The van der Waals surface area contributed by atoms with E-state index in [1.807, 2.05) is 48.5 Å². The lowest BCUT2D eigenvalue weighted by molar-refractivity contribution is 0.0995. The number of halogens is 1. The lowest BCUT2D eigenvalue weighted by Gasteiger charge is -2.18. The molecule has 0 fully saturated rings. The molecule has 2 aromatic carbocycles. The second-order valence-electron chi connectivity index (χ2n) is 10.2. The molecule has 1 amide bonds. The van der Waals surface area contributed by atoms with E-state index >= 15 is 0 Å². The minimum atomic E-state index is -0.844. The molecule has 0 aliphatic heterocycles. The lowest BCUT2D eigenvalue weighted by atomic mass is 10.1. The zero-order valence-electron chi connectivity index (χ0n) is 22.9. The summed E-state index contributed by atoms with van der Waals surface area (Å²) >= 11 is 6.50. The number of para-hydroxylation sites is 1. The number of anilines is 2. The first kappa shape index (κ1) is 26.3. The first-order chi connectivity index (χ1) is 20.7. The number of nitrogens with two attached hydrogens (primary N) is 1. The summed E-state index contributed by atoms with van der Waals surface area (Å²) < 4.78 is 4.15. The summed E-state index contributed by atoms with van der Waals surface area (Å²) in [7, 11) is 3.25. The average Bonchev–Trinajstić information content (AvgIpc) is 3.70. The highest BCUT2D eigenvalue weighted by molar-refractivity contribution is 6.35. The molecular weight excluding hydrogens is 570 g/mol. The molecular formula is C30H24ClN9O3. The maximum Gasteiger partial charge on any atom is 0.333 e. The number of primary amides is 1. The predicted molar refractivity (Wildman–Crippen MR) is 165 cm³/mol. The Hall–Kier alpha value is -5.62. The maximum atomic E-state index is 14.3. The molecule has 1 atom stereocenters. The van der Waals surface area contributed by atoms with Crippen molar-refractivity contribution in [1.82, 2.24) is 33.6 Å². The summed E-state index contributed by atoms with van der Waals surface area (Å²) in [6, 6.07) is 19.3. The number of carbonyl (C=O) groups is 1. The molecule has 0 spiro atoms. The van der Waals surface area contributed by atoms with Crippen molar-refractivity contribution in [3.8, 4) is 0 Å². The van der Waals surface area contributed by atoms with Crippen LogP contribution in [0, 0.1) is 0 Å². The van der Waals surface area contributed by atoms with Gasteiger partial charge in [-0.3, -0.25) is 14.2 Å². The minimum absolute atomic E-state index is 0.113. The van der Waals surface area contributed by atoms with E-state index in [-0.39, 0.29) is 16.9 Å². The molecule has 0 aliphatic carbocycles. The van der Waals surface area contributed by atoms with Crippen molar-refractivity contribution >= 4 is 62.1 Å². The Labute approximate surface area is 247 Å². The van der Waals surface area contributed by atoms with Crippen molar-refractivity contribution in [1.29, 1.82) is 0 Å². The van der Waals surface area contributed by atoms with Crippen LogP contribution >= 0.6 is 11.6 Å². The third kappa shape index (κ3) is 4.18. The van der Waals surface area contributed by atoms with Crippen LogP contribution in [0.2, 0.25) is 5.02 Å². The number of carbonyl (C=O) groups excluding carboxylic acids is 1. The van der Waals surface area contributed by atoms with Crippen molar-refractivity contribution in [2.24, 2.45) is 19.8 Å². The number of aromatic nitrogens is 7. The van der Waals surface area contributed by atoms with Crippen LogP contribution in [-0.2, 0) is 14.1 Å². The number of hydrogen-bond donors (Lipinski definition) is 4. The van der Waals surface area contributed by atoms with Gasteiger partial charge in [0.15, 0.2) is 11.2 Å². The number of nitrogens with zero attached hydrogens (tertiary/aromatic N) is 5.